The van der Waals surface area contributed by atoms with Crippen molar-refractivity contribution in [3.05, 3.63) is 193 Å². The van der Waals surface area contributed by atoms with Gasteiger partial charge in [-0.05, 0) is 121 Å². The number of likely N-dealkylation sites (N-methyl/N-ethyl adjacent to an activating group) is 1. The Morgan fingerprint density at radius 3 is 2.16 bits per heavy atom. The van der Waals surface area contributed by atoms with Crippen molar-refractivity contribution in [1.29, 1.82) is 0 Å². The Kier molecular flexibility index (Phi) is 7.86. The Balaban J connectivity index is 1.06. The fourth-order valence-corrected chi connectivity index (χ4v) is 9.35. The second kappa shape index (κ2) is 13.4. The second-order valence-corrected chi connectivity index (χ2v) is 15.6. The van der Waals surface area contributed by atoms with Crippen molar-refractivity contribution in [2.24, 2.45) is 0 Å². The highest BCUT2D eigenvalue weighted by Gasteiger charge is 2.34. The number of allylic oxidation sites excluding steroid dienone is 4. The van der Waals surface area contributed by atoms with Crippen LogP contribution < -0.4 is 4.90 Å². The van der Waals surface area contributed by atoms with Gasteiger partial charge in [-0.3, -0.25) is 15.0 Å². The predicted molar refractivity (Wildman–Crippen MR) is 240 cm³/mol. The Bertz CT molecular complexity index is 3150. The minimum atomic E-state index is -0.242. The van der Waals surface area contributed by atoms with Crippen molar-refractivity contribution < 1.29 is 0 Å². The van der Waals surface area contributed by atoms with Gasteiger partial charge in [0.2, 0.25) is 0 Å². The first-order valence-electron chi connectivity index (χ1n) is 19.9. The molecule has 6 heteroatoms. The molecule has 0 N–H and O–H groups in total. The average Bonchev–Trinajstić information content (AvgIpc) is 3.80. The van der Waals surface area contributed by atoms with E-state index >= 15 is 0 Å². The lowest BCUT2D eigenvalue weighted by Crippen LogP contribution is -2.26. The third kappa shape index (κ3) is 5.29. The fourth-order valence-electron chi connectivity index (χ4n) is 9.35. The monoisotopic (exact) mass is 748 g/mol. The molecular formula is C52H40N6. The minimum absolute atomic E-state index is 0.242. The molecule has 2 aliphatic rings. The summed E-state index contributed by atoms with van der Waals surface area (Å²) in [5.74, 6) is 0. The number of rotatable bonds is 6. The van der Waals surface area contributed by atoms with Crippen LogP contribution >= 0.6 is 0 Å². The van der Waals surface area contributed by atoms with Crippen molar-refractivity contribution in [2.45, 2.75) is 18.8 Å². The zero-order valence-electron chi connectivity index (χ0n) is 32.4. The summed E-state index contributed by atoms with van der Waals surface area (Å²) in [6.07, 6.45) is 17.8. The molecule has 0 spiro atoms. The summed E-state index contributed by atoms with van der Waals surface area (Å²) in [5, 5.41) is 2.35. The van der Waals surface area contributed by atoms with E-state index in [2.05, 4.69) is 168 Å². The molecule has 1 aliphatic heterocycles. The first-order valence-corrected chi connectivity index (χ1v) is 19.9. The molecule has 6 nitrogen and oxygen atoms in total. The van der Waals surface area contributed by atoms with E-state index in [9.17, 15) is 0 Å². The molecule has 5 aromatic heterocycles. The number of benzene rings is 4. The number of nitrogens with zero attached hydrogens (tertiary/aromatic N) is 6. The third-order valence-electron chi connectivity index (χ3n) is 12.1. The fraction of sp³-hybridized carbons (Fsp3) is 0.0962. The number of pyridine rings is 3. The average molecular weight is 749 g/mol. The van der Waals surface area contributed by atoms with Crippen LogP contribution in [0.2, 0.25) is 0 Å². The maximum atomic E-state index is 4.98. The molecule has 0 bridgehead atoms. The molecule has 58 heavy (non-hydrogen) atoms. The second-order valence-electron chi connectivity index (χ2n) is 15.6. The highest BCUT2D eigenvalue weighted by molar-refractivity contribution is 6.08. The van der Waals surface area contributed by atoms with Gasteiger partial charge in [-0.1, -0.05) is 78.9 Å². The Morgan fingerprint density at radius 2 is 1.33 bits per heavy atom. The van der Waals surface area contributed by atoms with Crippen molar-refractivity contribution >= 4 is 50.2 Å². The van der Waals surface area contributed by atoms with E-state index in [4.69, 9.17) is 15.0 Å². The topological polar surface area (TPSA) is 51.8 Å². The minimum Gasteiger partial charge on any atom is -0.369 e. The molecule has 0 saturated carbocycles. The van der Waals surface area contributed by atoms with E-state index in [1.165, 1.54) is 44.5 Å². The first-order chi connectivity index (χ1) is 28.6. The van der Waals surface area contributed by atoms with E-state index in [1.54, 1.807) is 0 Å². The third-order valence-corrected chi connectivity index (χ3v) is 12.1. The van der Waals surface area contributed by atoms with E-state index < -0.39 is 0 Å². The Morgan fingerprint density at radius 1 is 0.586 bits per heavy atom. The lowest BCUT2D eigenvalue weighted by molar-refractivity contribution is 0.599. The summed E-state index contributed by atoms with van der Waals surface area (Å²) in [7, 11) is 2.19. The van der Waals surface area contributed by atoms with Gasteiger partial charge in [0, 0.05) is 65.3 Å². The molecule has 0 radical (unpaired) electrons. The zero-order chi connectivity index (χ0) is 38.8. The van der Waals surface area contributed by atoms with Crippen LogP contribution in [-0.4, -0.2) is 37.7 Å². The van der Waals surface area contributed by atoms with Crippen LogP contribution in [-0.2, 0) is 5.41 Å². The van der Waals surface area contributed by atoms with Gasteiger partial charge in [-0.15, -0.1) is 0 Å². The van der Waals surface area contributed by atoms with Crippen LogP contribution in [0.4, 0.5) is 5.69 Å². The van der Waals surface area contributed by atoms with Gasteiger partial charge in [0.05, 0.1) is 44.8 Å². The Hall–Kier alpha value is -7.31. The van der Waals surface area contributed by atoms with Gasteiger partial charge in [0.15, 0.2) is 0 Å². The number of anilines is 1. The SMILES string of the molecule is CN1CC=Cc2c1c1cc(-c3ccccc3-c3ccccn3)ccc1n2-c1cccc(-n2c3ccc(C4=CC=CCC4(C)c4ccccn4)cc3c3ncccc32)c1. The van der Waals surface area contributed by atoms with Crippen LogP contribution in [0.25, 0.3) is 78.2 Å². The summed E-state index contributed by atoms with van der Waals surface area (Å²) >= 11 is 0. The maximum absolute atomic E-state index is 4.98. The standard InChI is InChI=1S/C52H40N6/c1-52(49-22-7-10-29-54-49)27-8-5-18-43(52)36-24-26-45-41(33-36)50-47(20-12-30-55-50)57(45)37-14-11-15-38(34-37)58-46-25-23-35(32-42(46)51-48(58)21-13-31-56(51)2)39-16-3-4-17-40(39)44-19-6-9-28-53-44/h3-26,28-30,32-34H,27,31H2,1-2H3. The molecule has 278 valence electrons. The van der Waals surface area contributed by atoms with Gasteiger partial charge in [0.25, 0.3) is 0 Å². The number of hydrogen-bond acceptors (Lipinski definition) is 4. The summed E-state index contributed by atoms with van der Waals surface area (Å²) in [6.45, 7) is 3.16. The van der Waals surface area contributed by atoms with Crippen LogP contribution in [0.5, 0.6) is 0 Å². The molecule has 0 saturated heterocycles. The van der Waals surface area contributed by atoms with E-state index in [0.717, 1.165) is 63.2 Å². The summed E-state index contributed by atoms with van der Waals surface area (Å²) < 4.78 is 4.78. The molecule has 9 aromatic rings. The Labute approximate surface area is 337 Å². The van der Waals surface area contributed by atoms with Crippen LogP contribution in [0.1, 0.15) is 30.3 Å². The largest absolute Gasteiger partial charge is 0.369 e. The number of aromatic nitrogens is 5. The van der Waals surface area contributed by atoms with Gasteiger partial charge >= 0.3 is 0 Å². The lowest BCUT2D eigenvalue weighted by atomic mass is 9.71. The highest BCUT2D eigenvalue weighted by Crippen LogP contribution is 2.45. The molecule has 1 unspecified atom stereocenters. The molecule has 0 fully saturated rings. The highest BCUT2D eigenvalue weighted by atomic mass is 15.1. The van der Waals surface area contributed by atoms with Gasteiger partial charge in [-0.25, -0.2) is 0 Å². The van der Waals surface area contributed by atoms with Crippen molar-refractivity contribution in [3.8, 4) is 33.8 Å². The summed E-state index contributed by atoms with van der Waals surface area (Å²) in [4.78, 5) is 16.9. The zero-order valence-corrected chi connectivity index (χ0v) is 32.4. The molecule has 0 amide bonds. The molecular weight excluding hydrogens is 709 g/mol. The van der Waals surface area contributed by atoms with E-state index in [1.807, 2.05) is 42.9 Å². The summed E-state index contributed by atoms with van der Waals surface area (Å²) in [6, 6.07) is 47.8. The van der Waals surface area contributed by atoms with Gasteiger partial charge in [-0.2, -0.15) is 0 Å². The summed E-state index contributed by atoms with van der Waals surface area (Å²) in [5.41, 5.74) is 16.7. The first kappa shape index (κ1) is 34.0. The van der Waals surface area contributed by atoms with Gasteiger partial charge in [0.1, 0.15) is 0 Å². The van der Waals surface area contributed by atoms with Crippen LogP contribution in [0.3, 0.4) is 0 Å². The van der Waals surface area contributed by atoms with E-state index in [0.29, 0.717) is 0 Å². The molecule has 4 aromatic carbocycles. The molecule has 11 rings (SSSR count). The molecule has 6 heterocycles. The maximum Gasteiger partial charge on any atom is 0.0963 e. The molecule has 1 atom stereocenters. The predicted octanol–water partition coefficient (Wildman–Crippen LogP) is 12.0. The van der Waals surface area contributed by atoms with Crippen molar-refractivity contribution in [3.63, 3.8) is 0 Å². The number of fused-ring (bicyclic) bond motifs is 6. The van der Waals surface area contributed by atoms with Gasteiger partial charge < -0.3 is 14.0 Å². The van der Waals surface area contributed by atoms with Crippen molar-refractivity contribution in [2.75, 3.05) is 18.5 Å². The number of hydrogen-bond donors (Lipinski definition) is 0. The van der Waals surface area contributed by atoms with Crippen LogP contribution in [0.15, 0.2) is 176 Å². The van der Waals surface area contributed by atoms with E-state index in [-0.39, 0.29) is 5.41 Å². The van der Waals surface area contributed by atoms with Crippen LogP contribution in [0, 0.1) is 0 Å². The smallest absolute Gasteiger partial charge is 0.0963 e. The quantitative estimate of drug-likeness (QED) is 0.170. The lowest BCUT2D eigenvalue weighted by Gasteiger charge is -2.33. The normalized spacial score (nSPS) is 16.3. The van der Waals surface area contributed by atoms with Crippen molar-refractivity contribution in [1.82, 2.24) is 24.1 Å². The molecule has 1 aliphatic carbocycles.